The zero-order valence-corrected chi connectivity index (χ0v) is 44.7. The van der Waals surface area contributed by atoms with Crippen molar-refractivity contribution in [3.8, 4) is 34.4 Å². The molecule has 12 rings (SSSR count). The average molecular weight is 1050 g/mol. The second kappa shape index (κ2) is 20.5. The van der Waals surface area contributed by atoms with Gasteiger partial charge in [-0.1, -0.05) is 62.9 Å². The molecular formula is C58H67F3N7O6S+. The predicted molar refractivity (Wildman–Crippen MR) is 280 cm³/mol. The van der Waals surface area contributed by atoms with Gasteiger partial charge in [0.05, 0.1) is 49.0 Å². The van der Waals surface area contributed by atoms with Crippen LogP contribution < -0.4 is 5.43 Å². The first-order valence-electron chi connectivity index (χ1n) is 26.6. The number of esters is 1. The summed E-state index contributed by atoms with van der Waals surface area (Å²) in [5, 5.41) is 4.91. The van der Waals surface area contributed by atoms with Crippen LogP contribution in [-0.2, 0) is 41.5 Å². The third kappa shape index (κ3) is 10.3. The fourth-order valence-corrected chi connectivity index (χ4v) is 13.1. The van der Waals surface area contributed by atoms with Crippen LogP contribution in [0.25, 0.3) is 33.4 Å². The second-order valence-corrected chi connectivity index (χ2v) is 23.3. The maximum absolute atomic E-state index is 15.2. The Morgan fingerprint density at radius 1 is 1.03 bits per heavy atom. The van der Waals surface area contributed by atoms with Crippen LogP contribution in [0.3, 0.4) is 0 Å². The van der Waals surface area contributed by atoms with Crippen molar-refractivity contribution in [1.29, 1.82) is 0 Å². The number of hydrogen-bond acceptors (Lipinski definition) is 11. The Bertz CT molecular complexity index is 3110. The summed E-state index contributed by atoms with van der Waals surface area (Å²) in [7, 11) is 1.56. The number of nitrogens with zero attached hydrogens (tertiary/aromatic N) is 6. The normalized spacial score (nSPS) is 27.9. The van der Waals surface area contributed by atoms with Gasteiger partial charge in [0.25, 0.3) is 0 Å². The number of aromatic nitrogens is 3. The summed E-state index contributed by atoms with van der Waals surface area (Å²) in [5.41, 5.74) is 9.98. The summed E-state index contributed by atoms with van der Waals surface area (Å²) < 4.78 is 73.4. The Labute approximate surface area is 440 Å². The van der Waals surface area contributed by atoms with Crippen LogP contribution in [0.4, 0.5) is 13.2 Å². The summed E-state index contributed by atoms with van der Waals surface area (Å²) in [6, 6.07) is 15.0. The van der Waals surface area contributed by atoms with Gasteiger partial charge in [0.15, 0.2) is 18.1 Å². The molecule has 6 fully saturated rings. The van der Waals surface area contributed by atoms with E-state index in [4.69, 9.17) is 28.9 Å². The highest BCUT2D eigenvalue weighted by atomic mass is 32.1. The lowest BCUT2D eigenvalue weighted by molar-refractivity contribution is -0.561. The van der Waals surface area contributed by atoms with Gasteiger partial charge in [0, 0.05) is 70.8 Å². The van der Waals surface area contributed by atoms with Gasteiger partial charge in [-0.2, -0.15) is 13.2 Å². The smallest absolute Gasteiger partial charge is 0.406 e. The molecule has 2 saturated carbocycles. The maximum Gasteiger partial charge on any atom is 0.406 e. The molecule has 8 heterocycles. The van der Waals surface area contributed by atoms with Crippen LogP contribution in [0, 0.1) is 35.0 Å². The first-order valence-corrected chi connectivity index (χ1v) is 27.5. The van der Waals surface area contributed by atoms with E-state index in [-0.39, 0.29) is 43.0 Å². The highest BCUT2D eigenvalue weighted by Gasteiger charge is 2.52. The van der Waals surface area contributed by atoms with Crippen LogP contribution in [0.2, 0.25) is 0 Å². The molecule has 13 nitrogen and oxygen atoms in total. The molecule has 1 unspecified atom stereocenters. The van der Waals surface area contributed by atoms with Crippen molar-refractivity contribution in [3.05, 3.63) is 93.1 Å². The summed E-state index contributed by atoms with van der Waals surface area (Å²) in [6.45, 7) is 14.9. The highest BCUT2D eigenvalue weighted by molar-refractivity contribution is 7.12. The molecule has 17 heteroatoms. The van der Waals surface area contributed by atoms with Gasteiger partial charge in [-0.25, -0.2) is 15.0 Å². The predicted octanol–water partition coefficient (Wildman–Crippen LogP) is 9.12. The number of nitrogens with one attached hydrogen (secondary N) is 1. The van der Waals surface area contributed by atoms with E-state index in [1.807, 2.05) is 58.2 Å². The minimum atomic E-state index is -4.61. The number of halogens is 3. The Hall–Kier alpha value is -5.48. The van der Waals surface area contributed by atoms with Gasteiger partial charge >= 0.3 is 12.1 Å². The molecule has 1 N–H and O–H groups in total. The minimum Gasteiger partial charge on any atom is -0.464 e. The van der Waals surface area contributed by atoms with Gasteiger partial charge in [-0.3, -0.25) is 24.5 Å². The zero-order chi connectivity index (χ0) is 52.5. The third-order valence-corrected chi connectivity index (χ3v) is 17.4. The van der Waals surface area contributed by atoms with Gasteiger partial charge in [-0.05, 0) is 99.1 Å². The molecule has 5 aromatic rings. The minimum absolute atomic E-state index is 0.0129. The number of cyclic esters (lactones) is 1. The van der Waals surface area contributed by atoms with E-state index in [2.05, 4.69) is 57.9 Å². The molecule has 0 spiro atoms. The first-order chi connectivity index (χ1) is 35.9. The number of hydrogen-bond donors (Lipinski definition) is 1. The molecule has 1 amide bonds. The van der Waals surface area contributed by atoms with Crippen LogP contribution in [0.5, 0.6) is 0 Å². The van der Waals surface area contributed by atoms with Crippen molar-refractivity contribution in [2.45, 2.75) is 116 Å². The number of methoxy groups -OCH3 is 1. The summed E-state index contributed by atoms with van der Waals surface area (Å²) in [4.78, 5) is 41.8. The number of pyridine rings is 1. The van der Waals surface area contributed by atoms with E-state index in [1.54, 1.807) is 24.4 Å². The number of hydrazine groups is 1. The molecular weight excluding hydrogens is 980 g/mol. The topological polar surface area (TPSA) is 123 Å². The van der Waals surface area contributed by atoms with Gasteiger partial charge < -0.3 is 23.5 Å². The van der Waals surface area contributed by atoms with Crippen molar-refractivity contribution in [1.82, 2.24) is 29.9 Å². The third-order valence-electron chi connectivity index (χ3n) is 16.5. The molecule has 7 aliphatic rings. The van der Waals surface area contributed by atoms with E-state index < -0.39 is 42.2 Å². The Morgan fingerprint density at radius 3 is 2.52 bits per heavy atom. The fourth-order valence-electron chi connectivity index (χ4n) is 12.1. The number of carbonyl (C=O) groups is 2. The zero-order valence-electron chi connectivity index (χ0n) is 43.8. The Kier molecular flexibility index (Phi) is 14.1. The number of ether oxygens (including phenoxy) is 4. The number of amides is 1. The monoisotopic (exact) mass is 1050 g/mol. The number of benzene rings is 2. The molecule has 3 aromatic heterocycles. The molecule has 7 atom stereocenters. The van der Waals surface area contributed by atoms with Crippen molar-refractivity contribution in [2.24, 2.45) is 23.2 Å². The van der Waals surface area contributed by atoms with Gasteiger partial charge in [0.2, 0.25) is 11.6 Å². The lowest BCUT2D eigenvalue weighted by Gasteiger charge is -2.52. The van der Waals surface area contributed by atoms with Crippen LogP contribution >= 0.6 is 11.3 Å². The van der Waals surface area contributed by atoms with Gasteiger partial charge in [-0.15, -0.1) is 11.3 Å². The van der Waals surface area contributed by atoms with Crippen LogP contribution in [0.1, 0.15) is 112 Å². The van der Waals surface area contributed by atoms with Crippen molar-refractivity contribution in [3.63, 3.8) is 0 Å². The molecule has 396 valence electrons. The van der Waals surface area contributed by atoms with E-state index in [1.165, 1.54) is 21.5 Å². The van der Waals surface area contributed by atoms with Crippen molar-refractivity contribution >= 4 is 39.8 Å². The number of alkyl halides is 3. The molecule has 4 saturated heterocycles. The van der Waals surface area contributed by atoms with E-state index in [0.29, 0.717) is 113 Å². The number of morpholine rings is 2. The SMILES string of the molecule is CO[C@@H](C)c1ncc(C#C[C@@H](C)N2CCOCC2)cc1-c1c2c3cc(ccc3n1CC(F)(F)F)-c1csc(n1)C(=[N+]1CCOC(c3ccccc3[C@H]3C[C@H]3C)C1)[C@H](C)C(=O)N1N[C@H](C(=O)OCC(C)(C)C2)C2CC1C2. The number of carbonyl (C=O) groups excluding carboxylic acids is 2. The fraction of sp³-hybridized carbons (Fsp3) is 0.534. The lowest BCUT2D eigenvalue weighted by atomic mass is 9.73. The van der Waals surface area contributed by atoms with Gasteiger partial charge in [0.1, 0.15) is 31.2 Å². The standard InChI is InChI=1S/C58H67F3N7O6S/c1-33-22-43(33)41-10-8-9-11-42(41)49-29-66(18-21-73-49)52-35(3)55(69)68-40-24-39(25-40)51(64-68)56(70)74-32-57(5,6)27-46-44-26-38(47-30-75-54(52)63-47)14-15-48(44)67(31-58(59,60)61)53(46)45-23-37(28-62-50(45)36(4)71-7)13-12-34(2)65-16-19-72-20-17-65/h8-11,14-15,23,26,28,30,33-36,39-40,43,49,51,64H,16-22,24-25,27,29,31-32H2,1-7H3/q+1/t33-,34-,35+,36+,39?,40?,43+,49?,51+/m1/s1. The van der Waals surface area contributed by atoms with E-state index >= 15 is 18.0 Å². The summed E-state index contributed by atoms with van der Waals surface area (Å²) in [5.74, 6) is 6.45. The molecule has 5 aliphatic heterocycles. The Morgan fingerprint density at radius 2 is 1.79 bits per heavy atom. The highest BCUT2D eigenvalue weighted by Crippen LogP contribution is 2.50. The molecule has 2 aliphatic carbocycles. The molecule has 2 aromatic carbocycles. The molecule has 0 radical (unpaired) electrons. The number of fused-ring (bicyclic) bond motifs is 4. The summed E-state index contributed by atoms with van der Waals surface area (Å²) >= 11 is 1.44. The Balaban J connectivity index is 1.08. The van der Waals surface area contributed by atoms with E-state index in [0.717, 1.165) is 30.8 Å². The van der Waals surface area contributed by atoms with Crippen LogP contribution in [0.15, 0.2) is 60.1 Å². The quantitative estimate of drug-likeness (QED) is 0.0960. The summed E-state index contributed by atoms with van der Waals surface area (Å²) in [6.07, 6.45) is -1.09. The maximum atomic E-state index is 15.2. The van der Waals surface area contributed by atoms with E-state index in [9.17, 15) is 4.79 Å². The largest absolute Gasteiger partial charge is 0.464 e. The lowest BCUT2D eigenvalue weighted by Crippen LogP contribution is -2.70. The molecule has 8 bridgehead atoms. The number of thiazole rings is 1. The average Bonchev–Trinajstić information content (AvgIpc) is 3.81. The number of rotatable bonds is 7. The second-order valence-electron chi connectivity index (χ2n) is 22.4. The van der Waals surface area contributed by atoms with Crippen molar-refractivity contribution in [2.75, 3.05) is 59.7 Å². The molecule has 75 heavy (non-hydrogen) atoms. The van der Waals surface area contributed by atoms with Crippen LogP contribution in [-0.4, -0.2) is 131 Å². The van der Waals surface area contributed by atoms with Crippen molar-refractivity contribution < 1.29 is 46.3 Å². The first kappa shape index (κ1) is 51.6.